The number of amidine groups is 1. The van der Waals surface area contributed by atoms with Crippen molar-refractivity contribution < 1.29 is 26.7 Å². The maximum atomic E-state index is 12.3. The maximum Gasteiger partial charge on any atom is 0.397 e. The highest BCUT2D eigenvalue weighted by Gasteiger charge is 2.32. The molecule has 0 aromatic carbocycles. The predicted molar refractivity (Wildman–Crippen MR) is 223 cm³/mol. The maximum absolute atomic E-state index is 12.3. The van der Waals surface area contributed by atoms with E-state index in [1.54, 1.807) is 0 Å². The molecule has 0 radical (unpaired) electrons. The van der Waals surface area contributed by atoms with Gasteiger partial charge in [0.2, 0.25) is 0 Å². The Labute approximate surface area is 324 Å². The average molecular weight is 758 g/mol. The monoisotopic (exact) mass is 758 g/mol. The second-order valence-electron chi connectivity index (χ2n) is 16.7. The van der Waals surface area contributed by atoms with Gasteiger partial charge in [-0.3, -0.25) is 13.2 Å². The Hall–Kier alpha value is -1.03. The molecule has 0 aromatic heterocycles. The van der Waals surface area contributed by atoms with Crippen LogP contribution < -0.4 is 5.11 Å². The zero-order valence-electron chi connectivity index (χ0n) is 35.3. The summed E-state index contributed by atoms with van der Waals surface area (Å²) in [6.07, 6.45) is 38.6. The standard InChI is InChI=1S/C42H83N3O.CH4O4S/c1-39(2)31-26-22-18-14-10-6-8-12-16-20-24-28-33-41-43-36-38-45(41,5)37-30-35-44-42(46)34-29-25-21-17-13-9-7-11-15-19-23-27-32-40(3)4;1-5-6(2,3)4/h39-40H,6-38H2,1-5H3;1H3,(H,2,3,4). The summed E-state index contributed by atoms with van der Waals surface area (Å²) >= 11 is 0. The fraction of sp³-hybridized carbons (Fsp3) is 0.953. The molecular formula is C43H87N3O5S. The molecule has 0 aromatic rings. The molecule has 1 aliphatic rings. The lowest BCUT2D eigenvalue weighted by Gasteiger charge is -2.30. The normalized spacial score (nSPS) is 16.5. The van der Waals surface area contributed by atoms with Gasteiger partial charge in [0.15, 0.2) is 5.84 Å². The first-order valence-electron chi connectivity index (χ1n) is 22.0. The van der Waals surface area contributed by atoms with Gasteiger partial charge in [-0.05, 0) is 37.0 Å². The third kappa shape index (κ3) is 34.7. The SMILES string of the molecule is CC(C)CCCCCCCCCCCCCCC([O-])=NCCC[N+]1(C)CCN=C1CCCCCCCCCCCCCCC(C)C.COS(=O)(=O)O. The van der Waals surface area contributed by atoms with Gasteiger partial charge in [0.05, 0.1) is 27.2 Å². The van der Waals surface area contributed by atoms with Crippen molar-refractivity contribution in [3.63, 3.8) is 0 Å². The van der Waals surface area contributed by atoms with E-state index in [0.717, 1.165) is 62.3 Å². The van der Waals surface area contributed by atoms with Gasteiger partial charge in [-0.25, -0.2) is 4.99 Å². The van der Waals surface area contributed by atoms with Crippen LogP contribution in [-0.4, -0.2) is 69.5 Å². The molecular weight excluding hydrogens is 671 g/mol. The molecule has 0 aliphatic carbocycles. The molecule has 0 spiro atoms. The Morgan fingerprint density at radius 3 is 1.44 bits per heavy atom. The summed E-state index contributed by atoms with van der Waals surface area (Å²) in [5, 5.41) is 12.3. The van der Waals surface area contributed by atoms with Crippen LogP contribution in [0.4, 0.5) is 0 Å². The minimum atomic E-state index is -4.16. The lowest BCUT2D eigenvalue weighted by atomic mass is 10.0. The first-order chi connectivity index (χ1) is 24.9. The Balaban J connectivity index is 0.00000397. The van der Waals surface area contributed by atoms with E-state index in [9.17, 15) is 13.5 Å². The van der Waals surface area contributed by atoms with E-state index in [2.05, 4.69) is 43.9 Å². The zero-order chi connectivity index (χ0) is 38.8. The van der Waals surface area contributed by atoms with Crippen LogP contribution in [0.25, 0.3) is 0 Å². The first kappa shape index (κ1) is 51.0. The van der Waals surface area contributed by atoms with E-state index >= 15 is 0 Å². The lowest BCUT2D eigenvalue weighted by molar-refractivity contribution is -0.815. The van der Waals surface area contributed by atoms with Crippen molar-refractivity contribution in [1.29, 1.82) is 0 Å². The number of hydrogen-bond donors (Lipinski definition) is 1. The van der Waals surface area contributed by atoms with Crippen molar-refractivity contribution in [2.75, 3.05) is 40.3 Å². The second kappa shape index (κ2) is 34.5. The molecule has 1 unspecified atom stereocenters. The van der Waals surface area contributed by atoms with Crippen molar-refractivity contribution >= 4 is 22.1 Å². The van der Waals surface area contributed by atoms with Crippen molar-refractivity contribution in [1.82, 2.24) is 0 Å². The number of unbranched alkanes of at least 4 members (excludes halogenated alkanes) is 22. The number of hydrogen-bond acceptors (Lipinski definition) is 6. The van der Waals surface area contributed by atoms with Crippen LogP contribution in [0.3, 0.4) is 0 Å². The van der Waals surface area contributed by atoms with Gasteiger partial charge in [0.1, 0.15) is 6.54 Å². The van der Waals surface area contributed by atoms with Gasteiger partial charge in [-0.15, -0.1) is 0 Å². The van der Waals surface area contributed by atoms with Crippen LogP contribution in [0.15, 0.2) is 9.98 Å². The van der Waals surface area contributed by atoms with Gasteiger partial charge in [0.25, 0.3) is 0 Å². The van der Waals surface area contributed by atoms with E-state index < -0.39 is 10.4 Å². The van der Waals surface area contributed by atoms with Crippen molar-refractivity contribution in [2.24, 2.45) is 21.8 Å². The highest BCUT2D eigenvalue weighted by Crippen LogP contribution is 2.20. The fourth-order valence-electron chi connectivity index (χ4n) is 7.19. The lowest BCUT2D eigenvalue weighted by Crippen LogP contribution is -2.47. The molecule has 1 aliphatic heterocycles. The highest BCUT2D eigenvalue weighted by atomic mass is 32.3. The van der Waals surface area contributed by atoms with E-state index in [1.807, 2.05) is 0 Å². The first-order valence-corrected chi connectivity index (χ1v) is 23.4. The summed E-state index contributed by atoms with van der Waals surface area (Å²) in [7, 11) is -0.938. The van der Waals surface area contributed by atoms with Crippen molar-refractivity contribution in [2.45, 2.75) is 214 Å². The number of rotatable bonds is 35. The van der Waals surface area contributed by atoms with Crippen molar-refractivity contribution in [3.8, 4) is 0 Å². The second-order valence-corrected chi connectivity index (χ2v) is 17.9. The molecule has 1 heterocycles. The van der Waals surface area contributed by atoms with Crippen LogP contribution in [0.5, 0.6) is 0 Å². The summed E-state index contributed by atoms with van der Waals surface area (Å²) in [6.45, 7) is 13.2. The minimum Gasteiger partial charge on any atom is -0.862 e. The summed E-state index contributed by atoms with van der Waals surface area (Å²) in [6, 6.07) is 0. The zero-order valence-corrected chi connectivity index (χ0v) is 36.1. The Kier molecular flexibility index (Phi) is 33.8. The third-order valence-electron chi connectivity index (χ3n) is 10.7. The molecule has 1 N–H and O–H groups in total. The molecule has 0 saturated carbocycles. The summed E-state index contributed by atoms with van der Waals surface area (Å²) in [5.41, 5.74) is 0. The van der Waals surface area contributed by atoms with Gasteiger partial charge in [-0.2, -0.15) is 8.42 Å². The summed E-state index contributed by atoms with van der Waals surface area (Å²) < 4.78 is 30.7. The van der Waals surface area contributed by atoms with E-state index in [0.29, 0.717) is 13.0 Å². The third-order valence-corrected chi connectivity index (χ3v) is 11.1. The molecule has 52 heavy (non-hydrogen) atoms. The minimum absolute atomic E-state index is 0.128. The van der Waals surface area contributed by atoms with E-state index in [-0.39, 0.29) is 5.90 Å². The molecule has 8 nitrogen and oxygen atoms in total. The molecule has 0 bridgehead atoms. The Morgan fingerprint density at radius 2 is 1.06 bits per heavy atom. The Morgan fingerprint density at radius 1 is 0.692 bits per heavy atom. The number of likely N-dealkylation sites (N-methyl/N-ethyl adjacent to an activating group) is 1. The summed E-state index contributed by atoms with van der Waals surface area (Å²) in [5.74, 6) is 3.27. The van der Waals surface area contributed by atoms with Gasteiger partial charge < -0.3 is 10.1 Å². The van der Waals surface area contributed by atoms with Gasteiger partial charge >= 0.3 is 10.4 Å². The summed E-state index contributed by atoms with van der Waals surface area (Å²) in [4.78, 5) is 9.30. The van der Waals surface area contributed by atoms with Crippen LogP contribution >= 0.6 is 0 Å². The van der Waals surface area contributed by atoms with Crippen LogP contribution in [0, 0.1) is 11.8 Å². The highest BCUT2D eigenvalue weighted by molar-refractivity contribution is 7.80. The number of quaternary nitrogens is 1. The molecule has 9 heteroatoms. The van der Waals surface area contributed by atoms with Gasteiger partial charge in [-0.1, -0.05) is 182 Å². The number of aliphatic imine (C=N–C) groups is 2. The number of nitrogens with zero attached hydrogens (tertiary/aromatic N) is 3. The van der Waals surface area contributed by atoms with Crippen molar-refractivity contribution in [3.05, 3.63) is 0 Å². The van der Waals surface area contributed by atoms with E-state index in [4.69, 9.17) is 9.55 Å². The van der Waals surface area contributed by atoms with E-state index in [1.165, 1.54) is 166 Å². The largest absolute Gasteiger partial charge is 0.862 e. The average Bonchev–Trinajstić information content (AvgIpc) is 3.46. The fourth-order valence-corrected chi connectivity index (χ4v) is 7.19. The molecule has 310 valence electrons. The molecule has 1 atom stereocenters. The van der Waals surface area contributed by atoms with Crippen LogP contribution in [-0.2, 0) is 14.6 Å². The Bertz CT molecular complexity index is 970. The smallest absolute Gasteiger partial charge is 0.397 e. The van der Waals surface area contributed by atoms with Crippen LogP contribution in [0.1, 0.15) is 214 Å². The quantitative estimate of drug-likeness (QED) is 0.0227. The molecule has 0 saturated heterocycles. The van der Waals surface area contributed by atoms with Crippen LogP contribution in [0.2, 0.25) is 0 Å². The molecule has 0 fully saturated rings. The van der Waals surface area contributed by atoms with Gasteiger partial charge in [0, 0.05) is 19.4 Å². The predicted octanol–water partition coefficient (Wildman–Crippen LogP) is 11.7. The topological polar surface area (TPSA) is 111 Å². The molecule has 1 rings (SSSR count). The molecule has 0 amide bonds.